The number of benzene rings is 5. The van der Waals surface area contributed by atoms with Gasteiger partial charge in [0.25, 0.3) is 16.0 Å². The molecular weight excluding hydrogens is 812 g/mol. The molecule has 5 rings (SSSR count). The molecule has 14 heteroatoms. The van der Waals surface area contributed by atoms with Crippen LogP contribution in [0.2, 0.25) is 0 Å². The summed E-state index contributed by atoms with van der Waals surface area (Å²) in [7, 11) is -4.08. The Morgan fingerprint density at radius 1 is 0.790 bits per heavy atom. The van der Waals surface area contributed by atoms with E-state index in [-0.39, 0.29) is 65.4 Å². The van der Waals surface area contributed by atoms with Gasteiger partial charge in [0.2, 0.25) is 0 Å². The number of ether oxygens (including phenoxy) is 1. The van der Waals surface area contributed by atoms with Gasteiger partial charge in [0.05, 0.1) is 40.7 Å². The van der Waals surface area contributed by atoms with Crippen LogP contribution in [-0.2, 0) is 20.9 Å². The zero-order valence-electron chi connectivity index (χ0n) is 38.7. The first-order chi connectivity index (χ1) is 29.0. The minimum absolute atomic E-state index is 0. The zero-order valence-corrected chi connectivity index (χ0v) is 40.5. The van der Waals surface area contributed by atoms with E-state index in [9.17, 15) is 22.9 Å². The van der Waals surface area contributed by atoms with Crippen LogP contribution in [0, 0.1) is 6.92 Å². The van der Waals surface area contributed by atoms with Gasteiger partial charge in [-0.15, -0.1) is 5.11 Å². The normalized spacial score (nSPS) is 12.2. The first-order valence-electron chi connectivity index (χ1n) is 21.0. The van der Waals surface area contributed by atoms with Gasteiger partial charge in [-0.25, -0.2) is 0 Å². The number of hydrogen-bond acceptors (Lipinski definition) is 10. The van der Waals surface area contributed by atoms with Gasteiger partial charge in [-0.05, 0) is 110 Å². The average Bonchev–Trinajstić information content (AvgIpc) is 3.24. The van der Waals surface area contributed by atoms with Crippen LogP contribution in [0.3, 0.4) is 0 Å². The molecule has 0 aliphatic heterocycles. The minimum atomic E-state index is -4.08. The molecule has 0 spiro atoms. The van der Waals surface area contributed by atoms with Crippen molar-refractivity contribution in [1.29, 1.82) is 0 Å². The maximum absolute atomic E-state index is 13.5. The molecule has 12 nitrogen and oxygen atoms in total. The molecule has 1 amide bonds. The summed E-state index contributed by atoms with van der Waals surface area (Å²) < 4.78 is 38.0. The Balaban J connectivity index is 0.00000528. The Hall–Kier alpha value is -4.66. The number of phenolic OH excluding ortho intramolecular Hbond substituents is 1. The van der Waals surface area contributed by atoms with E-state index in [2.05, 4.69) is 85.5 Å². The summed E-state index contributed by atoms with van der Waals surface area (Å²) in [5, 5.41) is 33.1. The van der Waals surface area contributed by atoms with E-state index in [0.717, 1.165) is 36.3 Å². The van der Waals surface area contributed by atoms with Crippen LogP contribution in [0.5, 0.6) is 11.5 Å². The second-order valence-electron chi connectivity index (χ2n) is 16.6. The molecule has 0 radical (unpaired) electrons. The number of carbonyl (C=O) groups is 1. The Labute approximate surface area is 390 Å². The van der Waals surface area contributed by atoms with E-state index < -0.39 is 16.0 Å². The van der Waals surface area contributed by atoms with Crippen LogP contribution in [-0.4, -0.2) is 56.0 Å². The van der Waals surface area contributed by atoms with E-state index in [4.69, 9.17) is 4.74 Å². The third-order valence-corrected chi connectivity index (χ3v) is 12.2. The third kappa shape index (κ3) is 13.2. The molecule has 5 aromatic carbocycles. The van der Waals surface area contributed by atoms with Gasteiger partial charge < -0.3 is 21.5 Å². The van der Waals surface area contributed by atoms with E-state index in [1.807, 2.05) is 49.1 Å². The molecule has 0 saturated carbocycles. The maximum Gasteiger partial charge on any atom is 1.00 e. The number of aromatic hydroxyl groups is 1. The predicted molar refractivity (Wildman–Crippen MR) is 247 cm³/mol. The van der Waals surface area contributed by atoms with Gasteiger partial charge in [-0.1, -0.05) is 84.0 Å². The van der Waals surface area contributed by atoms with Gasteiger partial charge in [0.15, 0.2) is 0 Å². The Morgan fingerprint density at radius 3 is 2.08 bits per heavy atom. The average molecular weight is 873 g/mol. The largest absolute Gasteiger partial charge is 1.00 e. The summed E-state index contributed by atoms with van der Waals surface area (Å²) in [4.78, 5) is 15.3. The van der Waals surface area contributed by atoms with Crippen molar-refractivity contribution in [2.24, 2.45) is 20.5 Å². The van der Waals surface area contributed by atoms with Crippen LogP contribution in [0.1, 0.15) is 103 Å². The minimum Gasteiger partial charge on any atom is -1.00 e. The van der Waals surface area contributed by atoms with Gasteiger partial charge in [-0.2, -0.15) is 23.8 Å². The number of nitrogens with one attached hydrogen (secondary N) is 1. The smallest absolute Gasteiger partial charge is 1.00 e. The van der Waals surface area contributed by atoms with Gasteiger partial charge >= 0.3 is 29.6 Å². The maximum atomic E-state index is 13.5. The standard InChI is InChI=1S/C48H60N6O6S.Na.H/c1-9-47(5,6)34-21-24-44(41(30-34)48(7,8)10-2)60-27-15-14-25-49-46(56)40-32-43(38-19-12-13-20-39(38)45(40)55)53-51-36-18-16-17-35(31-36)50-52-42-23-22-37(29-33(42)4)54(11-3)26-28-61(57,58)59;;/h12-13,16-24,29-32,55H,9-11,14-15,25-28H2,1-8H3,(H,49,56)(H,57,58,59);;/q;+1;-1. The van der Waals surface area contributed by atoms with Crippen molar-refractivity contribution in [2.45, 2.75) is 91.9 Å². The molecule has 0 saturated heterocycles. The molecular formula is C48H61N6NaO6S. The summed E-state index contributed by atoms with van der Waals surface area (Å²) in [6.45, 7) is 18.9. The number of rotatable bonds is 20. The number of unbranched alkanes of at least 4 members (excludes halogenated alkanes) is 1. The monoisotopic (exact) mass is 872 g/mol. The summed E-state index contributed by atoms with van der Waals surface area (Å²) >= 11 is 0. The van der Waals surface area contributed by atoms with E-state index in [1.54, 1.807) is 42.5 Å². The Kier molecular flexibility index (Phi) is 17.8. The molecule has 326 valence electrons. The summed E-state index contributed by atoms with van der Waals surface area (Å²) in [5.74, 6) is 0.0108. The van der Waals surface area contributed by atoms with Crippen LogP contribution in [0.15, 0.2) is 111 Å². The van der Waals surface area contributed by atoms with Crippen LogP contribution in [0.25, 0.3) is 10.8 Å². The number of carbonyl (C=O) groups excluding carboxylic acids is 1. The molecule has 0 bridgehead atoms. The zero-order chi connectivity index (χ0) is 44.4. The third-order valence-electron chi connectivity index (χ3n) is 11.5. The molecule has 0 unspecified atom stereocenters. The molecule has 0 heterocycles. The van der Waals surface area contributed by atoms with Crippen molar-refractivity contribution < 1.29 is 58.6 Å². The number of amides is 1. The fourth-order valence-electron chi connectivity index (χ4n) is 6.79. The number of hydrogen-bond donors (Lipinski definition) is 3. The van der Waals surface area contributed by atoms with Crippen LogP contribution < -0.4 is 44.5 Å². The van der Waals surface area contributed by atoms with Crippen LogP contribution >= 0.6 is 0 Å². The van der Waals surface area contributed by atoms with E-state index in [1.165, 1.54) is 11.1 Å². The molecule has 0 aromatic heterocycles. The van der Waals surface area contributed by atoms with Gasteiger partial charge in [0, 0.05) is 41.7 Å². The first kappa shape index (κ1) is 50.0. The van der Waals surface area contributed by atoms with E-state index >= 15 is 0 Å². The quantitative estimate of drug-likeness (QED) is 0.0303. The van der Waals surface area contributed by atoms with Crippen molar-refractivity contribution in [2.75, 3.05) is 36.9 Å². The topological polar surface area (TPSA) is 166 Å². The number of fused-ring (bicyclic) bond motifs is 1. The Morgan fingerprint density at radius 2 is 1.45 bits per heavy atom. The van der Waals surface area contributed by atoms with Crippen molar-refractivity contribution in [3.05, 3.63) is 113 Å². The Bertz CT molecular complexity index is 2510. The second kappa shape index (κ2) is 22.1. The number of nitrogens with zero attached hydrogens (tertiary/aromatic N) is 5. The summed E-state index contributed by atoms with van der Waals surface area (Å²) in [5.41, 5.74) is 6.45. The van der Waals surface area contributed by atoms with E-state index in [0.29, 0.717) is 59.6 Å². The van der Waals surface area contributed by atoms with Gasteiger partial charge in [-0.3, -0.25) is 9.35 Å². The van der Waals surface area contributed by atoms with Crippen molar-refractivity contribution in [3.8, 4) is 11.5 Å². The second-order valence-corrected chi connectivity index (χ2v) is 18.2. The van der Waals surface area contributed by atoms with Gasteiger partial charge in [0.1, 0.15) is 11.5 Å². The number of phenols is 1. The SMILES string of the molecule is CCN(CCS(=O)(=O)O)c1ccc(N=Nc2cccc(N=Nc3cc(C(=O)NCCCCOc4ccc(C(C)(C)CC)cc4C(C)(C)CC)c(O)c4ccccc34)c2)c(C)c1.[H-].[Na+]. The van der Waals surface area contributed by atoms with Crippen molar-refractivity contribution in [3.63, 3.8) is 0 Å². The molecule has 0 fully saturated rings. The first-order valence-corrected chi connectivity index (χ1v) is 22.6. The summed E-state index contributed by atoms with van der Waals surface area (Å²) in [6.07, 6.45) is 3.46. The fraction of sp³-hybridized carbons (Fsp3) is 0.396. The molecule has 5 aromatic rings. The van der Waals surface area contributed by atoms with Crippen molar-refractivity contribution in [1.82, 2.24) is 5.32 Å². The molecule has 0 atom stereocenters. The number of aryl methyl sites for hydroxylation is 1. The van der Waals surface area contributed by atoms with Crippen molar-refractivity contribution >= 4 is 55.2 Å². The summed E-state index contributed by atoms with van der Waals surface area (Å²) in [6, 6.07) is 28.0. The molecule has 0 aliphatic carbocycles. The molecule has 3 N–H and O–H groups in total. The van der Waals surface area contributed by atoms with Crippen LogP contribution in [0.4, 0.5) is 28.4 Å². The number of azo groups is 2. The molecule has 0 aliphatic rings. The number of anilines is 1. The predicted octanol–water partition coefficient (Wildman–Crippen LogP) is 9.48. The fourth-order valence-corrected chi connectivity index (χ4v) is 7.24. The molecule has 62 heavy (non-hydrogen) atoms.